The van der Waals surface area contributed by atoms with Crippen LogP contribution in [0.5, 0.6) is 0 Å². The van der Waals surface area contributed by atoms with Gasteiger partial charge in [0.25, 0.3) is 5.92 Å². The minimum Gasteiger partial charge on any atom is -0.370 e. The van der Waals surface area contributed by atoms with Crippen molar-refractivity contribution < 1.29 is 13.6 Å². The Kier molecular flexibility index (Phi) is 4.41. The van der Waals surface area contributed by atoms with Gasteiger partial charge in [-0.1, -0.05) is 0 Å². The zero-order valence-electron chi connectivity index (χ0n) is 13.1. The summed E-state index contributed by atoms with van der Waals surface area (Å²) in [5.41, 5.74) is 5.49. The summed E-state index contributed by atoms with van der Waals surface area (Å²) in [6.07, 6.45) is 0.420. The molecule has 0 aromatic rings. The van der Waals surface area contributed by atoms with E-state index in [-0.39, 0.29) is 36.9 Å². The number of nitrogens with zero attached hydrogens (tertiary/aromatic N) is 3. The van der Waals surface area contributed by atoms with Gasteiger partial charge < -0.3 is 20.9 Å². The highest BCUT2D eigenvalue weighted by molar-refractivity contribution is 5.82. The monoisotopic (exact) mass is 330 g/mol. The average molecular weight is 330 g/mol. The summed E-state index contributed by atoms with van der Waals surface area (Å²) in [5, 5.41) is 10.6. The van der Waals surface area contributed by atoms with E-state index in [1.165, 1.54) is 4.90 Å². The number of hydrogen-bond acceptors (Lipinski definition) is 4. The number of piperazine rings is 1. The number of alkyl halides is 2. The molecule has 3 heterocycles. The largest absolute Gasteiger partial charge is 0.370 e. The second kappa shape index (κ2) is 6.20. The molecule has 0 aromatic heterocycles. The highest BCUT2D eigenvalue weighted by Gasteiger charge is 2.43. The number of nitrogens with one attached hydrogen (secondary N) is 2. The van der Waals surface area contributed by atoms with Crippen molar-refractivity contribution >= 4 is 11.9 Å². The van der Waals surface area contributed by atoms with E-state index in [9.17, 15) is 13.6 Å². The van der Waals surface area contributed by atoms with Crippen molar-refractivity contribution in [3.05, 3.63) is 0 Å². The van der Waals surface area contributed by atoms with Crippen molar-refractivity contribution in [2.75, 3.05) is 45.8 Å². The molecule has 3 saturated heterocycles. The first kappa shape index (κ1) is 16.4. The van der Waals surface area contributed by atoms with Gasteiger partial charge in [-0.3, -0.25) is 15.1 Å². The van der Waals surface area contributed by atoms with Crippen molar-refractivity contribution in [1.82, 2.24) is 20.0 Å². The first-order valence-electron chi connectivity index (χ1n) is 8.09. The van der Waals surface area contributed by atoms with Crippen LogP contribution in [0, 0.1) is 5.41 Å². The number of amides is 1. The minimum atomic E-state index is -2.74. The third-order valence-corrected chi connectivity index (χ3v) is 5.06. The summed E-state index contributed by atoms with van der Waals surface area (Å²) in [4.78, 5) is 17.8. The molecule has 0 spiro atoms. The Hall–Kier alpha value is -1.48. The molecule has 0 unspecified atom stereocenters. The van der Waals surface area contributed by atoms with Crippen LogP contribution >= 0.6 is 0 Å². The van der Waals surface area contributed by atoms with Gasteiger partial charge in [0.1, 0.15) is 0 Å². The van der Waals surface area contributed by atoms with E-state index in [1.807, 2.05) is 4.90 Å². The summed E-state index contributed by atoms with van der Waals surface area (Å²) in [6.45, 7) is 3.41. The maximum atomic E-state index is 13.3. The molecule has 0 aliphatic carbocycles. The van der Waals surface area contributed by atoms with Crippen LogP contribution in [0.3, 0.4) is 0 Å². The molecule has 4 N–H and O–H groups in total. The lowest BCUT2D eigenvalue weighted by Crippen LogP contribution is -2.53. The molecular formula is C14H24F2N6O. The Balaban J connectivity index is 1.49. The Morgan fingerprint density at radius 2 is 1.87 bits per heavy atom. The number of guanidine groups is 1. The molecule has 1 amide bonds. The topological polar surface area (TPSA) is 88.7 Å². The predicted molar refractivity (Wildman–Crippen MR) is 81.4 cm³/mol. The summed E-state index contributed by atoms with van der Waals surface area (Å²) in [7, 11) is 0. The quantitative estimate of drug-likeness (QED) is 0.451. The molecule has 9 heteroatoms. The van der Waals surface area contributed by atoms with Gasteiger partial charge in [-0.2, -0.15) is 0 Å². The minimum absolute atomic E-state index is 0.0946. The SMILES string of the molecule is N=C(N)N1CCN([C@@H]2CN[C@H](C(=O)N3CCC(F)(F)C3)C2)CC1. The fourth-order valence-corrected chi connectivity index (χ4v) is 3.66. The fraction of sp³-hybridized carbons (Fsp3) is 0.857. The van der Waals surface area contributed by atoms with Gasteiger partial charge in [0.15, 0.2) is 5.96 Å². The van der Waals surface area contributed by atoms with E-state index >= 15 is 0 Å². The van der Waals surface area contributed by atoms with Crippen LogP contribution in [0.4, 0.5) is 8.78 Å². The number of nitrogens with two attached hydrogens (primary N) is 1. The number of hydrogen-bond donors (Lipinski definition) is 3. The third kappa shape index (κ3) is 3.55. The van der Waals surface area contributed by atoms with Gasteiger partial charge in [-0.15, -0.1) is 0 Å². The lowest BCUT2D eigenvalue weighted by Gasteiger charge is -2.38. The summed E-state index contributed by atoms with van der Waals surface area (Å²) in [6, 6.07) is -0.124. The van der Waals surface area contributed by atoms with Gasteiger partial charge >= 0.3 is 0 Å². The molecule has 7 nitrogen and oxygen atoms in total. The Morgan fingerprint density at radius 1 is 1.17 bits per heavy atom. The number of carbonyl (C=O) groups excluding carboxylic acids is 1. The lowest BCUT2D eigenvalue weighted by atomic mass is 10.1. The predicted octanol–water partition coefficient (Wildman–Crippen LogP) is -0.904. The Morgan fingerprint density at radius 3 is 2.43 bits per heavy atom. The van der Waals surface area contributed by atoms with E-state index in [0.29, 0.717) is 26.1 Å². The molecule has 3 rings (SSSR count). The van der Waals surface area contributed by atoms with Crippen molar-refractivity contribution in [3.63, 3.8) is 0 Å². The standard InChI is InChI=1S/C14H24F2N6O/c15-14(16)1-2-22(9-14)12(23)11-7-10(8-19-11)20-3-5-21(6-4-20)13(17)18/h10-11,19H,1-9H2,(H3,17,18)/t10-,11-/m0/s1. The van der Waals surface area contributed by atoms with Crippen molar-refractivity contribution in [2.24, 2.45) is 5.73 Å². The first-order chi connectivity index (χ1) is 10.9. The molecule has 0 saturated carbocycles. The molecule has 3 aliphatic heterocycles. The van der Waals surface area contributed by atoms with E-state index in [1.54, 1.807) is 0 Å². The number of halogens is 2. The number of likely N-dealkylation sites (tertiary alicyclic amines) is 1. The molecular weight excluding hydrogens is 306 g/mol. The third-order valence-electron chi connectivity index (χ3n) is 5.06. The molecule has 23 heavy (non-hydrogen) atoms. The maximum absolute atomic E-state index is 13.3. The van der Waals surface area contributed by atoms with Gasteiger partial charge in [0, 0.05) is 51.7 Å². The Labute approximate surface area is 134 Å². The molecule has 0 bridgehead atoms. The molecule has 0 radical (unpaired) electrons. The van der Waals surface area contributed by atoms with Crippen LogP contribution < -0.4 is 11.1 Å². The first-order valence-corrected chi connectivity index (χ1v) is 8.09. The van der Waals surface area contributed by atoms with E-state index in [4.69, 9.17) is 11.1 Å². The second-order valence-corrected chi connectivity index (χ2v) is 6.62. The highest BCUT2D eigenvalue weighted by Crippen LogP contribution is 2.28. The Bertz CT molecular complexity index is 480. The van der Waals surface area contributed by atoms with Gasteiger partial charge in [-0.05, 0) is 6.42 Å². The second-order valence-electron chi connectivity index (χ2n) is 6.62. The smallest absolute Gasteiger partial charge is 0.267 e. The van der Waals surface area contributed by atoms with Crippen molar-refractivity contribution in [2.45, 2.75) is 30.8 Å². The highest BCUT2D eigenvalue weighted by atomic mass is 19.3. The van der Waals surface area contributed by atoms with Crippen molar-refractivity contribution in [1.29, 1.82) is 5.41 Å². The normalized spacial score (nSPS) is 31.6. The molecule has 3 fully saturated rings. The van der Waals surface area contributed by atoms with Gasteiger partial charge in [0.2, 0.25) is 5.91 Å². The van der Waals surface area contributed by atoms with Crippen molar-refractivity contribution in [3.8, 4) is 0 Å². The van der Waals surface area contributed by atoms with Crippen LogP contribution in [0.15, 0.2) is 0 Å². The molecule has 0 aromatic carbocycles. The summed E-state index contributed by atoms with van der Waals surface area (Å²) >= 11 is 0. The molecule has 2 atom stereocenters. The lowest BCUT2D eigenvalue weighted by molar-refractivity contribution is -0.133. The van der Waals surface area contributed by atoms with E-state index < -0.39 is 12.5 Å². The van der Waals surface area contributed by atoms with E-state index in [0.717, 1.165) is 13.1 Å². The van der Waals surface area contributed by atoms with E-state index in [2.05, 4.69) is 10.2 Å². The van der Waals surface area contributed by atoms with Crippen LogP contribution in [-0.2, 0) is 4.79 Å². The summed E-state index contributed by atoms with van der Waals surface area (Å²) < 4.78 is 26.5. The zero-order chi connectivity index (χ0) is 16.6. The maximum Gasteiger partial charge on any atom is 0.267 e. The number of carbonyl (C=O) groups is 1. The van der Waals surface area contributed by atoms with Crippen LogP contribution in [0.25, 0.3) is 0 Å². The molecule has 3 aliphatic rings. The van der Waals surface area contributed by atoms with Gasteiger partial charge in [-0.25, -0.2) is 8.78 Å². The van der Waals surface area contributed by atoms with Crippen LogP contribution in [-0.4, -0.2) is 90.4 Å². The van der Waals surface area contributed by atoms with Crippen LogP contribution in [0.1, 0.15) is 12.8 Å². The average Bonchev–Trinajstić information content (AvgIpc) is 3.13. The zero-order valence-corrected chi connectivity index (χ0v) is 13.1. The van der Waals surface area contributed by atoms with Crippen LogP contribution in [0.2, 0.25) is 0 Å². The number of rotatable bonds is 2. The molecule has 130 valence electrons. The van der Waals surface area contributed by atoms with Gasteiger partial charge in [0.05, 0.1) is 12.6 Å². The fourth-order valence-electron chi connectivity index (χ4n) is 3.66. The summed E-state index contributed by atoms with van der Waals surface area (Å²) in [5.74, 6) is -2.85.